The zero-order valence-electron chi connectivity index (χ0n) is 14.4. The fraction of sp³-hybridized carbons (Fsp3) is 0. The lowest BCUT2D eigenvalue weighted by Gasteiger charge is -2.09. The van der Waals surface area contributed by atoms with Crippen molar-refractivity contribution >= 4 is 27.0 Å². The molecule has 0 amide bonds. The standard InChI is InChI=1S/C19H14N4O4S/c24-23(25)16-7-9-17(10-8-16)28(26,27)21-15-5-3-4-14(12-15)18-13-22-11-2-1-6-19(22)20-18/h1-13,21H. The lowest BCUT2D eigenvalue weighted by molar-refractivity contribution is -0.384. The van der Waals surface area contributed by atoms with E-state index in [1.807, 2.05) is 41.1 Å². The first-order valence-electron chi connectivity index (χ1n) is 8.24. The third-order valence-electron chi connectivity index (χ3n) is 4.13. The van der Waals surface area contributed by atoms with Gasteiger partial charge in [-0.1, -0.05) is 18.2 Å². The van der Waals surface area contributed by atoms with E-state index < -0.39 is 14.9 Å². The van der Waals surface area contributed by atoms with Crippen LogP contribution in [0.1, 0.15) is 0 Å². The van der Waals surface area contributed by atoms with Gasteiger partial charge in [-0.05, 0) is 36.4 Å². The monoisotopic (exact) mass is 394 g/mol. The molecule has 0 radical (unpaired) electrons. The number of nitro groups is 1. The number of pyridine rings is 1. The van der Waals surface area contributed by atoms with Crippen LogP contribution in [0.25, 0.3) is 16.9 Å². The molecule has 0 bridgehead atoms. The molecular weight excluding hydrogens is 380 g/mol. The second-order valence-electron chi connectivity index (χ2n) is 6.03. The van der Waals surface area contributed by atoms with Gasteiger partial charge in [0.25, 0.3) is 15.7 Å². The van der Waals surface area contributed by atoms with E-state index in [0.717, 1.165) is 23.3 Å². The van der Waals surface area contributed by atoms with Gasteiger partial charge >= 0.3 is 0 Å². The number of nitrogens with one attached hydrogen (secondary N) is 1. The zero-order valence-corrected chi connectivity index (χ0v) is 15.2. The molecule has 4 rings (SSSR count). The minimum absolute atomic E-state index is 0.0590. The molecule has 0 spiro atoms. The predicted octanol–water partition coefficient (Wildman–Crippen LogP) is 3.71. The first kappa shape index (κ1) is 17.7. The number of anilines is 1. The van der Waals surface area contributed by atoms with Crippen LogP contribution >= 0.6 is 0 Å². The third kappa shape index (κ3) is 3.42. The summed E-state index contributed by atoms with van der Waals surface area (Å²) in [5, 5.41) is 10.7. The summed E-state index contributed by atoms with van der Waals surface area (Å²) in [6, 6.07) is 17.3. The summed E-state index contributed by atoms with van der Waals surface area (Å²) in [5.74, 6) is 0. The Morgan fingerprint density at radius 3 is 2.50 bits per heavy atom. The molecule has 2 aromatic carbocycles. The van der Waals surface area contributed by atoms with E-state index in [4.69, 9.17) is 0 Å². The van der Waals surface area contributed by atoms with Crippen molar-refractivity contribution in [1.82, 2.24) is 9.38 Å². The summed E-state index contributed by atoms with van der Waals surface area (Å²) >= 11 is 0. The van der Waals surface area contributed by atoms with Crippen LogP contribution in [0.15, 0.2) is 84.0 Å². The third-order valence-corrected chi connectivity index (χ3v) is 5.53. The van der Waals surface area contributed by atoms with Crippen LogP contribution in [-0.2, 0) is 10.0 Å². The minimum Gasteiger partial charge on any atom is -0.306 e. The highest BCUT2D eigenvalue weighted by molar-refractivity contribution is 7.92. The molecule has 1 N–H and O–H groups in total. The summed E-state index contributed by atoms with van der Waals surface area (Å²) in [7, 11) is -3.88. The molecule has 2 aromatic heterocycles. The van der Waals surface area contributed by atoms with Gasteiger partial charge in [0.15, 0.2) is 0 Å². The molecular formula is C19H14N4O4S. The van der Waals surface area contributed by atoms with Gasteiger partial charge in [0.2, 0.25) is 0 Å². The highest BCUT2D eigenvalue weighted by atomic mass is 32.2. The number of benzene rings is 2. The van der Waals surface area contributed by atoms with Crippen LogP contribution < -0.4 is 4.72 Å². The van der Waals surface area contributed by atoms with Gasteiger partial charge in [-0.25, -0.2) is 13.4 Å². The molecule has 140 valence electrons. The molecule has 0 atom stereocenters. The maximum Gasteiger partial charge on any atom is 0.269 e. The van der Waals surface area contributed by atoms with Gasteiger partial charge in [0, 0.05) is 35.8 Å². The van der Waals surface area contributed by atoms with Gasteiger partial charge in [0.05, 0.1) is 15.5 Å². The second kappa shape index (κ2) is 6.78. The van der Waals surface area contributed by atoms with Crippen molar-refractivity contribution in [1.29, 1.82) is 0 Å². The molecule has 0 aliphatic heterocycles. The fourth-order valence-electron chi connectivity index (χ4n) is 2.78. The number of imidazole rings is 1. The number of aromatic nitrogens is 2. The van der Waals surface area contributed by atoms with Crippen LogP contribution in [0.4, 0.5) is 11.4 Å². The molecule has 0 unspecified atom stereocenters. The summed E-state index contributed by atoms with van der Waals surface area (Å²) in [5.41, 5.74) is 2.45. The molecule has 9 heteroatoms. The topological polar surface area (TPSA) is 107 Å². The van der Waals surface area contributed by atoms with Crippen molar-refractivity contribution in [2.75, 3.05) is 4.72 Å². The van der Waals surface area contributed by atoms with Gasteiger partial charge in [-0.2, -0.15) is 0 Å². The molecule has 0 fully saturated rings. The van der Waals surface area contributed by atoms with Crippen LogP contribution in [0.3, 0.4) is 0 Å². The van der Waals surface area contributed by atoms with Crippen molar-refractivity contribution in [3.05, 3.63) is 89.2 Å². The largest absolute Gasteiger partial charge is 0.306 e. The number of hydrogen-bond acceptors (Lipinski definition) is 5. The number of nitrogens with zero attached hydrogens (tertiary/aromatic N) is 3. The Balaban J connectivity index is 1.63. The Morgan fingerprint density at radius 1 is 1.00 bits per heavy atom. The van der Waals surface area contributed by atoms with E-state index in [2.05, 4.69) is 9.71 Å². The van der Waals surface area contributed by atoms with Gasteiger partial charge in [-0.3, -0.25) is 14.8 Å². The Morgan fingerprint density at radius 2 is 1.79 bits per heavy atom. The summed E-state index contributed by atoms with van der Waals surface area (Å²) in [6.07, 6.45) is 3.74. The van der Waals surface area contributed by atoms with Crippen LogP contribution in [-0.4, -0.2) is 22.7 Å². The maximum absolute atomic E-state index is 12.6. The van der Waals surface area contributed by atoms with E-state index in [1.165, 1.54) is 12.1 Å². The molecule has 28 heavy (non-hydrogen) atoms. The van der Waals surface area contributed by atoms with Crippen LogP contribution in [0, 0.1) is 10.1 Å². The zero-order chi connectivity index (χ0) is 19.7. The summed E-state index contributed by atoms with van der Waals surface area (Å²) < 4.78 is 29.5. The summed E-state index contributed by atoms with van der Waals surface area (Å²) in [6.45, 7) is 0. The quantitative estimate of drug-likeness (QED) is 0.410. The number of non-ortho nitro benzene ring substituents is 1. The smallest absolute Gasteiger partial charge is 0.269 e. The number of hydrogen-bond donors (Lipinski definition) is 1. The lowest BCUT2D eigenvalue weighted by atomic mass is 10.1. The van der Waals surface area contributed by atoms with E-state index >= 15 is 0 Å². The van der Waals surface area contributed by atoms with Crippen molar-refractivity contribution in [3.63, 3.8) is 0 Å². The summed E-state index contributed by atoms with van der Waals surface area (Å²) in [4.78, 5) is 14.6. The van der Waals surface area contributed by atoms with Gasteiger partial charge in [-0.15, -0.1) is 0 Å². The Bertz CT molecular complexity index is 1250. The van der Waals surface area contributed by atoms with Crippen molar-refractivity contribution in [2.24, 2.45) is 0 Å². The number of fused-ring (bicyclic) bond motifs is 1. The average molecular weight is 394 g/mol. The van der Waals surface area contributed by atoms with E-state index in [-0.39, 0.29) is 10.6 Å². The van der Waals surface area contributed by atoms with E-state index in [9.17, 15) is 18.5 Å². The van der Waals surface area contributed by atoms with Crippen molar-refractivity contribution in [3.8, 4) is 11.3 Å². The van der Waals surface area contributed by atoms with E-state index in [1.54, 1.807) is 18.2 Å². The first-order chi connectivity index (χ1) is 13.4. The molecule has 0 aliphatic carbocycles. The molecule has 0 saturated carbocycles. The second-order valence-corrected chi connectivity index (χ2v) is 7.71. The van der Waals surface area contributed by atoms with Crippen molar-refractivity contribution < 1.29 is 13.3 Å². The van der Waals surface area contributed by atoms with Gasteiger partial charge in [0.1, 0.15) is 5.65 Å². The Hall–Kier alpha value is -3.72. The van der Waals surface area contributed by atoms with Crippen molar-refractivity contribution in [2.45, 2.75) is 4.90 Å². The highest BCUT2D eigenvalue weighted by Gasteiger charge is 2.16. The lowest BCUT2D eigenvalue weighted by Crippen LogP contribution is -2.12. The fourth-order valence-corrected chi connectivity index (χ4v) is 3.83. The Kier molecular flexibility index (Phi) is 4.28. The molecule has 4 aromatic rings. The number of rotatable bonds is 5. The van der Waals surface area contributed by atoms with Crippen LogP contribution in [0.2, 0.25) is 0 Å². The average Bonchev–Trinajstić information content (AvgIpc) is 3.12. The minimum atomic E-state index is -3.88. The predicted molar refractivity (Wildman–Crippen MR) is 105 cm³/mol. The molecule has 2 heterocycles. The molecule has 8 nitrogen and oxygen atoms in total. The van der Waals surface area contributed by atoms with E-state index in [0.29, 0.717) is 11.4 Å². The van der Waals surface area contributed by atoms with Crippen LogP contribution in [0.5, 0.6) is 0 Å². The normalized spacial score (nSPS) is 11.4. The number of sulfonamides is 1. The Labute approximate surface area is 160 Å². The molecule has 0 saturated heterocycles. The molecule has 0 aliphatic rings. The highest BCUT2D eigenvalue weighted by Crippen LogP contribution is 2.25. The first-order valence-corrected chi connectivity index (χ1v) is 9.72. The maximum atomic E-state index is 12.6. The number of nitro benzene ring substituents is 1. The van der Waals surface area contributed by atoms with Gasteiger partial charge < -0.3 is 4.40 Å². The SMILES string of the molecule is O=[N+]([O-])c1ccc(S(=O)(=O)Nc2cccc(-c3cn4ccccc4n3)c2)cc1.